The van der Waals surface area contributed by atoms with Gasteiger partial charge >= 0.3 is 0 Å². The largest absolute Gasteiger partial charge is 0.486 e. The fourth-order valence-corrected chi connectivity index (χ4v) is 2.98. The molecular formula is C20H19ClN2O4. The van der Waals surface area contributed by atoms with Crippen molar-refractivity contribution in [2.24, 2.45) is 0 Å². The normalized spacial score (nSPS) is 12.2. The summed E-state index contributed by atoms with van der Waals surface area (Å²) in [6, 6.07) is 10.2. The molecule has 0 spiro atoms. The zero-order chi connectivity index (χ0) is 19.2. The van der Waals surface area contributed by atoms with Crippen LogP contribution in [0.25, 0.3) is 0 Å². The number of halogens is 1. The lowest BCUT2D eigenvalue weighted by atomic mass is 10.1. The summed E-state index contributed by atoms with van der Waals surface area (Å²) in [4.78, 5) is 24.7. The number of carbonyl (C=O) groups excluding carboxylic acids is 2. The molecule has 0 aromatic heterocycles. The van der Waals surface area contributed by atoms with Gasteiger partial charge in [0.05, 0.1) is 22.7 Å². The number of hydrogen-bond acceptors (Lipinski definition) is 4. The minimum atomic E-state index is -0.284. The van der Waals surface area contributed by atoms with Crippen molar-refractivity contribution in [2.45, 2.75) is 6.42 Å². The molecule has 2 aromatic rings. The van der Waals surface area contributed by atoms with Crippen LogP contribution in [0.1, 0.15) is 15.9 Å². The summed E-state index contributed by atoms with van der Waals surface area (Å²) >= 11 is 6.21. The zero-order valence-corrected chi connectivity index (χ0v) is 15.3. The maximum atomic E-state index is 12.5. The van der Waals surface area contributed by atoms with Gasteiger partial charge in [0.25, 0.3) is 5.91 Å². The average molecular weight is 387 g/mol. The minimum Gasteiger partial charge on any atom is -0.486 e. The van der Waals surface area contributed by atoms with E-state index in [0.29, 0.717) is 53.1 Å². The van der Waals surface area contributed by atoms with E-state index >= 15 is 0 Å². The Kier molecular flexibility index (Phi) is 5.98. The predicted octanol–water partition coefficient (Wildman–Crippen LogP) is 3.21. The molecule has 140 valence electrons. The summed E-state index contributed by atoms with van der Waals surface area (Å²) < 4.78 is 11.0. The van der Waals surface area contributed by atoms with Gasteiger partial charge in [0.15, 0.2) is 11.5 Å². The fraction of sp³-hybridized carbons (Fsp3) is 0.200. The predicted molar refractivity (Wildman–Crippen MR) is 104 cm³/mol. The molecule has 3 rings (SSSR count). The van der Waals surface area contributed by atoms with E-state index in [1.165, 1.54) is 0 Å². The van der Waals surface area contributed by atoms with Crippen molar-refractivity contribution in [3.05, 3.63) is 65.2 Å². The molecule has 0 saturated heterocycles. The molecule has 0 fully saturated rings. The smallest absolute Gasteiger partial charge is 0.253 e. The van der Waals surface area contributed by atoms with E-state index in [0.717, 1.165) is 0 Å². The molecule has 1 aliphatic heterocycles. The van der Waals surface area contributed by atoms with Crippen LogP contribution in [0.4, 0.5) is 5.69 Å². The molecule has 0 atom stereocenters. The van der Waals surface area contributed by atoms with Crippen LogP contribution in [0.2, 0.25) is 5.02 Å². The van der Waals surface area contributed by atoms with E-state index in [9.17, 15) is 9.59 Å². The van der Waals surface area contributed by atoms with Crippen LogP contribution in [0.3, 0.4) is 0 Å². The Morgan fingerprint density at radius 3 is 2.78 bits per heavy atom. The lowest BCUT2D eigenvalue weighted by molar-refractivity contribution is -0.115. The Balaban J connectivity index is 1.72. The third-order valence-electron chi connectivity index (χ3n) is 3.87. The molecule has 1 aliphatic rings. The van der Waals surface area contributed by atoms with Crippen LogP contribution < -0.4 is 20.1 Å². The Hall–Kier alpha value is -2.99. The summed E-state index contributed by atoms with van der Waals surface area (Å²) in [5.74, 6) is 0.469. The number of carbonyl (C=O) groups is 2. The van der Waals surface area contributed by atoms with E-state index in [2.05, 4.69) is 17.2 Å². The molecule has 27 heavy (non-hydrogen) atoms. The van der Waals surface area contributed by atoms with Crippen molar-refractivity contribution >= 4 is 29.1 Å². The standard InChI is InChI=1S/C20H19ClN2O4/c1-2-7-22-20(25)14-5-3-4-6-16(14)23-18(24)12-13-10-15(21)19-17(11-13)26-8-9-27-19/h2-6,10-11H,1,7-9,12H2,(H,22,25)(H,23,24). The first kappa shape index (κ1) is 18.8. The molecule has 0 saturated carbocycles. The molecule has 1 heterocycles. The number of amides is 2. The van der Waals surface area contributed by atoms with Crippen molar-refractivity contribution in [2.75, 3.05) is 25.1 Å². The number of fused-ring (bicyclic) bond motifs is 1. The third kappa shape index (κ3) is 4.60. The summed E-state index contributed by atoms with van der Waals surface area (Å²) in [5.41, 5.74) is 1.51. The lowest BCUT2D eigenvalue weighted by Crippen LogP contribution is -2.25. The highest BCUT2D eigenvalue weighted by Crippen LogP contribution is 2.38. The van der Waals surface area contributed by atoms with Gasteiger partial charge in [0.2, 0.25) is 5.91 Å². The van der Waals surface area contributed by atoms with E-state index in [4.69, 9.17) is 21.1 Å². The average Bonchev–Trinajstić information content (AvgIpc) is 2.66. The van der Waals surface area contributed by atoms with E-state index < -0.39 is 0 Å². The first-order valence-corrected chi connectivity index (χ1v) is 8.82. The Bertz CT molecular complexity index is 882. The van der Waals surface area contributed by atoms with Gasteiger partial charge in [0, 0.05) is 6.54 Å². The molecular weight excluding hydrogens is 368 g/mol. The maximum absolute atomic E-state index is 12.5. The number of para-hydroxylation sites is 1. The van der Waals surface area contributed by atoms with E-state index in [1.54, 1.807) is 42.5 Å². The fourth-order valence-electron chi connectivity index (χ4n) is 2.70. The summed E-state index contributed by atoms with van der Waals surface area (Å²) in [6.45, 7) is 4.79. The molecule has 0 unspecified atom stereocenters. The van der Waals surface area contributed by atoms with E-state index in [1.807, 2.05) is 0 Å². The number of hydrogen-bond donors (Lipinski definition) is 2. The van der Waals surface area contributed by atoms with Crippen LogP contribution in [0, 0.1) is 0 Å². The molecule has 2 N–H and O–H groups in total. The second-order valence-electron chi connectivity index (χ2n) is 5.87. The van der Waals surface area contributed by atoms with Gasteiger partial charge in [-0.25, -0.2) is 0 Å². The molecule has 0 bridgehead atoms. The second kappa shape index (κ2) is 8.60. The molecule has 7 heteroatoms. The molecule has 2 aromatic carbocycles. The quantitative estimate of drug-likeness (QED) is 0.747. The van der Waals surface area contributed by atoms with Crippen LogP contribution >= 0.6 is 11.6 Å². The SMILES string of the molecule is C=CCNC(=O)c1ccccc1NC(=O)Cc1cc(Cl)c2c(c1)OCCO2. The number of anilines is 1. The molecule has 6 nitrogen and oxygen atoms in total. The van der Waals surface area contributed by atoms with Crippen molar-refractivity contribution in [3.63, 3.8) is 0 Å². The zero-order valence-electron chi connectivity index (χ0n) is 14.6. The second-order valence-corrected chi connectivity index (χ2v) is 6.28. The van der Waals surface area contributed by atoms with Gasteiger partial charge in [-0.2, -0.15) is 0 Å². The lowest BCUT2D eigenvalue weighted by Gasteiger charge is -2.20. The van der Waals surface area contributed by atoms with Crippen LogP contribution in [0.5, 0.6) is 11.5 Å². The van der Waals surface area contributed by atoms with Crippen molar-refractivity contribution < 1.29 is 19.1 Å². The van der Waals surface area contributed by atoms with E-state index in [-0.39, 0.29) is 18.2 Å². The van der Waals surface area contributed by atoms with Crippen molar-refractivity contribution in [3.8, 4) is 11.5 Å². The molecule has 0 radical (unpaired) electrons. The van der Waals surface area contributed by atoms with Crippen LogP contribution in [0.15, 0.2) is 49.1 Å². The summed E-state index contributed by atoms with van der Waals surface area (Å²) in [6.07, 6.45) is 1.67. The van der Waals surface area contributed by atoms with Gasteiger partial charge < -0.3 is 20.1 Å². The first-order chi connectivity index (χ1) is 13.1. The van der Waals surface area contributed by atoms with Gasteiger partial charge in [-0.3, -0.25) is 9.59 Å². The minimum absolute atomic E-state index is 0.0823. The first-order valence-electron chi connectivity index (χ1n) is 8.44. The summed E-state index contributed by atoms with van der Waals surface area (Å²) in [5, 5.41) is 5.87. The van der Waals surface area contributed by atoms with Gasteiger partial charge in [-0.15, -0.1) is 6.58 Å². The number of rotatable bonds is 6. The highest BCUT2D eigenvalue weighted by Gasteiger charge is 2.18. The van der Waals surface area contributed by atoms with Crippen molar-refractivity contribution in [1.29, 1.82) is 0 Å². The topological polar surface area (TPSA) is 76.7 Å². The van der Waals surface area contributed by atoms with Gasteiger partial charge in [0.1, 0.15) is 13.2 Å². The van der Waals surface area contributed by atoms with Gasteiger partial charge in [-0.05, 0) is 29.8 Å². The number of ether oxygens (including phenoxy) is 2. The van der Waals surface area contributed by atoms with Gasteiger partial charge in [-0.1, -0.05) is 29.8 Å². The highest BCUT2D eigenvalue weighted by molar-refractivity contribution is 6.32. The Morgan fingerprint density at radius 2 is 1.96 bits per heavy atom. The monoisotopic (exact) mass is 386 g/mol. The maximum Gasteiger partial charge on any atom is 0.253 e. The highest BCUT2D eigenvalue weighted by atomic mass is 35.5. The van der Waals surface area contributed by atoms with Crippen LogP contribution in [-0.4, -0.2) is 31.6 Å². The van der Waals surface area contributed by atoms with Crippen LogP contribution in [-0.2, 0) is 11.2 Å². The number of nitrogens with one attached hydrogen (secondary N) is 2. The number of benzene rings is 2. The Labute approximate surface area is 162 Å². The van der Waals surface area contributed by atoms with Crippen molar-refractivity contribution in [1.82, 2.24) is 5.32 Å². The Morgan fingerprint density at radius 1 is 1.19 bits per heavy atom. The summed E-state index contributed by atoms with van der Waals surface area (Å²) in [7, 11) is 0. The molecule has 0 aliphatic carbocycles. The third-order valence-corrected chi connectivity index (χ3v) is 4.15. The molecule has 2 amide bonds.